The van der Waals surface area contributed by atoms with Crippen molar-refractivity contribution in [1.29, 1.82) is 0 Å². The lowest BCUT2D eigenvalue weighted by Gasteiger charge is -2.14. The smallest absolute Gasteiger partial charge is 0.308 e. The van der Waals surface area contributed by atoms with Gasteiger partial charge in [-0.25, -0.2) is 0 Å². The first-order chi connectivity index (χ1) is 6.65. The van der Waals surface area contributed by atoms with Crippen LogP contribution < -0.4 is 0 Å². The lowest BCUT2D eigenvalue weighted by molar-refractivity contribution is -0.142. The van der Waals surface area contributed by atoms with Crippen LogP contribution in [0.25, 0.3) is 0 Å². The summed E-state index contributed by atoms with van der Waals surface area (Å²) in [5.74, 6) is -0.570. The number of carboxylic acid groups (broad SMARTS) is 1. The zero-order chi connectivity index (χ0) is 10.6. The van der Waals surface area contributed by atoms with Gasteiger partial charge in [-0.05, 0) is 12.3 Å². The van der Waals surface area contributed by atoms with Gasteiger partial charge >= 0.3 is 5.97 Å². The Morgan fingerprint density at radius 1 is 1.57 bits per heavy atom. The predicted molar refractivity (Wildman–Crippen MR) is 53.2 cm³/mol. The Balaban J connectivity index is 2.28. The topological polar surface area (TPSA) is 49.8 Å². The summed E-state index contributed by atoms with van der Waals surface area (Å²) >= 11 is 0. The van der Waals surface area contributed by atoms with Crippen LogP contribution in [0.2, 0.25) is 0 Å². The first-order valence-corrected chi connectivity index (χ1v) is 5.09. The van der Waals surface area contributed by atoms with Crippen LogP contribution in [0.4, 0.5) is 0 Å². The summed E-state index contributed by atoms with van der Waals surface area (Å²) in [4.78, 5) is 13.0. The highest BCUT2D eigenvalue weighted by Gasteiger charge is 2.33. The summed E-state index contributed by atoms with van der Waals surface area (Å²) in [6.07, 6.45) is 0.982. The summed E-state index contributed by atoms with van der Waals surface area (Å²) in [7, 11) is 1.69. The highest BCUT2D eigenvalue weighted by Crippen LogP contribution is 2.22. The average molecular weight is 201 g/mol. The van der Waals surface area contributed by atoms with Crippen molar-refractivity contribution >= 4 is 5.97 Å². The molecule has 14 heavy (non-hydrogen) atoms. The van der Waals surface area contributed by atoms with Crippen LogP contribution in [0, 0.1) is 11.8 Å². The number of nitrogens with zero attached hydrogens (tertiary/aromatic N) is 1. The second-order valence-corrected chi connectivity index (χ2v) is 4.03. The van der Waals surface area contributed by atoms with Crippen LogP contribution in [-0.4, -0.2) is 49.3 Å². The van der Waals surface area contributed by atoms with Gasteiger partial charge in [0.15, 0.2) is 0 Å². The summed E-state index contributed by atoms with van der Waals surface area (Å²) in [5.41, 5.74) is 0. The van der Waals surface area contributed by atoms with E-state index in [-0.39, 0.29) is 11.8 Å². The van der Waals surface area contributed by atoms with E-state index in [1.807, 2.05) is 6.92 Å². The maximum Gasteiger partial charge on any atom is 0.308 e. The van der Waals surface area contributed by atoms with E-state index in [1.165, 1.54) is 0 Å². The van der Waals surface area contributed by atoms with Crippen molar-refractivity contribution in [2.45, 2.75) is 13.3 Å². The minimum Gasteiger partial charge on any atom is -0.481 e. The van der Waals surface area contributed by atoms with Gasteiger partial charge in [0.1, 0.15) is 0 Å². The molecule has 1 rings (SSSR count). The average Bonchev–Trinajstić information content (AvgIpc) is 2.47. The minimum absolute atomic E-state index is 0.183. The van der Waals surface area contributed by atoms with Crippen molar-refractivity contribution in [2.24, 2.45) is 11.8 Å². The molecule has 1 aliphatic heterocycles. The fraction of sp³-hybridized carbons (Fsp3) is 0.900. The molecule has 1 N–H and O–H groups in total. The second kappa shape index (κ2) is 5.32. The van der Waals surface area contributed by atoms with Crippen LogP contribution >= 0.6 is 0 Å². The highest BCUT2D eigenvalue weighted by atomic mass is 16.5. The lowest BCUT2D eigenvalue weighted by atomic mass is 9.99. The fourth-order valence-electron chi connectivity index (χ4n) is 2.00. The van der Waals surface area contributed by atoms with Crippen molar-refractivity contribution in [3.05, 3.63) is 0 Å². The maximum atomic E-state index is 10.8. The van der Waals surface area contributed by atoms with E-state index in [0.29, 0.717) is 6.54 Å². The molecule has 4 heteroatoms. The Labute approximate surface area is 84.8 Å². The molecule has 2 atom stereocenters. The molecule has 0 aromatic carbocycles. The minimum atomic E-state index is -0.660. The maximum absolute atomic E-state index is 10.8. The molecule has 0 bridgehead atoms. The molecule has 0 aliphatic carbocycles. The van der Waals surface area contributed by atoms with Crippen LogP contribution in [0.3, 0.4) is 0 Å². The first kappa shape index (κ1) is 11.5. The van der Waals surface area contributed by atoms with Gasteiger partial charge < -0.3 is 14.7 Å². The Bertz CT molecular complexity index is 196. The van der Waals surface area contributed by atoms with Crippen molar-refractivity contribution in [2.75, 3.05) is 33.4 Å². The van der Waals surface area contributed by atoms with Gasteiger partial charge in [-0.2, -0.15) is 0 Å². The van der Waals surface area contributed by atoms with Crippen molar-refractivity contribution in [1.82, 2.24) is 4.90 Å². The summed E-state index contributed by atoms with van der Waals surface area (Å²) in [6.45, 7) is 5.31. The number of likely N-dealkylation sites (tertiary alicyclic amines) is 1. The number of carbonyl (C=O) groups is 1. The molecule has 4 nitrogen and oxygen atoms in total. The van der Waals surface area contributed by atoms with Crippen LogP contribution in [0.5, 0.6) is 0 Å². The van der Waals surface area contributed by atoms with Crippen molar-refractivity contribution in [3.63, 3.8) is 0 Å². The third-order valence-electron chi connectivity index (χ3n) is 2.83. The van der Waals surface area contributed by atoms with Gasteiger partial charge in [0.25, 0.3) is 0 Å². The summed E-state index contributed by atoms with van der Waals surface area (Å²) in [6, 6.07) is 0. The van der Waals surface area contributed by atoms with E-state index < -0.39 is 5.97 Å². The third kappa shape index (κ3) is 2.96. The number of carboxylic acids is 1. The number of aliphatic carboxylic acids is 1. The Morgan fingerprint density at radius 3 is 2.79 bits per heavy atom. The number of ether oxygens (including phenoxy) is 1. The van der Waals surface area contributed by atoms with Crippen LogP contribution in [-0.2, 0) is 9.53 Å². The number of rotatable bonds is 5. The zero-order valence-electron chi connectivity index (χ0n) is 8.90. The summed E-state index contributed by atoms with van der Waals surface area (Å²) < 4.78 is 4.96. The Kier molecular flexibility index (Phi) is 4.35. The molecule has 0 saturated carbocycles. The van der Waals surface area contributed by atoms with E-state index in [1.54, 1.807) is 7.11 Å². The Hall–Kier alpha value is -0.610. The number of methoxy groups -OCH3 is 1. The fourth-order valence-corrected chi connectivity index (χ4v) is 2.00. The molecule has 1 aliphatic rings. The van der Waals surface area contributed by atoms with Gasteiger partial charge in [-0.15, -0.1) is 0 Å². The molecule has 2 unspecified atom stereocenters. The highest BCUT2D eigenvalue weighted by molar-refractivity contribution is 5.71. The van der Waals surface area contributed by atoms with Crippen LogP contribution in [0.1, 0.15) is 13.3 Å². The van der Waals surface area contributed by atoms with E-state index >= 15 is 0 Å². The second-order valence-electron chi connectivity index (χ2n) is 4.03. The largest absolute Gasteiger partial charge is 0.481 e. The molecular weight excluding hydrogens is 182 g/mol. The molecule has 0 radical (unpaired) electrons. The lowest BCUT2D eigenvalue weighted by Crippen LogP contribution is -2.24. The van der Waals surface area contributed by atoms with Crippen LogP contribution in [0.15, 0.2) is 0 Å². The normalized spacial score (nSPS) is 28.1. The molecule has 0 spiro atoms. The van der Waals surface area contributed by atoms with Gasteiger partial charge in [0.2, 0.25) is 0 Å². The number of hydrogen-bond donors (Lipinski definition) is 1. The predicted octanol–water partition coefficient (Wildman–Crippen LogP) is 0.675. The van der Waals surface area contributed by atoms with Gasteiger partial charge in [0, 0.05) is 33.4 Å². The molecule has 82 valence electrons. The molecule has 1 saturated heterocycles. The Morgan fingerprint density at radius 2 is 2.29 bits per heavy atom. The third-order valence-corrected chi connectivity index (χ3v) is 2.83. The van der Waals surface area contributed by atoms with Crippen molar-refractivity contribution in [3.8, 4) is 0 Å². The van der Waals surface area contributed by atoms with Gasteiger partial charge in [-0.3, -0.25) is 4.79 Å². The SMILES string of the molecule is COCCCN1CC(C)C(C(=O)O)C1. The molecule has 0 aromatic heterocycles. The van der Waals surface area contributed by atoms with E-state index in [4.69, 9.17) is 9.84 Å². The summed E-state index contributed by atoms with van der Waals surface area (Å²) in [5, 5.41) is 8.92. The molecule has 0 aromatic rings. The standard InChI is InChI=1S/C10H19NO3/c1-8-6-11(4-3-5-14-2)7-9(8)10(12)13/h8-9H,3-7H2,1-2H3,(H,12,13). The molecule has 0 amide bonds. The monoisotopic (exact) mass is 201 g/mol. The van der Waals surface area contributed by atoms with E-state index in [9.17, 15) is 4.79 Å². The zero-order valence-corrected chi connectivity index (χ0v) is 8.90. The molecule has 1 fully saturated rings. The van der Waals surface area contributed by atoms with E-state index in [0.717, 1.165) is 26.1 Å². The first-order valence-electron chi connectivity index (χ1n) is 5.09. The van der Waals surface area contributed by atoms with Crippen molar-refractivity contribution < 1.29 is 14.6 Å². The quantitative estimate of drug-likeness (QED) is 0.664. The molecule has 1 heterocycles. The van der Waals surface area contributed by atoms with Gasteiger partial charge in [-0.1, -0.05) is 6.92 Å². The van der Waals surface area contributed by atoms with E-state index in [2.05, 4.69) is 4.90 Å². The molecular formula is C10H19NO3. The van der Waals surface area contributed by atoms with Gasteiger partial charge in [0.05, 0.1) is 5.92 Å². The number of hydrogen-bond acceptors (Lipinski definition) is 3.